The van der Waals surface area contributed by atoms with Crippen LogP contribution in [-0.2, 0) is 0 Å². The topological polar surface area (TPSA) is 58.6 Å². The van der Waals surface area contributed by atoms with E-state index >= 15 is 0 Å². The Hall–Kier alpha value is -2.82. The van der Waals surface area contributed by atoms with E-state index in [0.29, 0.717) is 28.4 Å². The van der Waals surface area contributed by atoms with Crippen LogP contribution >= 0.6 is 11.6 Å². The molecule has 0 aromatic heterocycles. The fourth-order valence-corrected chi connectivity index (χ4v) is 2.99. The Labute approximate surface area is 169 Å². The fraction of sp³-hybridized carbons (Fsp3) is 0.174. The number of halogens is 1. The number of carbonyl (C=O) groups is 1. The summed E-state index contributed by atoms with van der Waals surface area (Å²) in [6.45, 7) is 2.67. The number of amides is 1. The SMILES string of the molecule is CCCOc1ccc(C(=O)Nc2ccc(Cl)cc2[C@H](O)c2ccccc2)cc1. The van der Waals surface area contributed by atoms with Crippen molar-refractivity contribution in [2.24, 2.45) is 0 Å². The molecular formula is C23H22ClNO3. The average Bonchev–Trinajstić information content (AvgIpc) is 2.74. The van der Waals surface area contributed by atoms with Crippen LogP contribution in [0.5, 0.6) is 5.75 Å². The van der Waals surface area contributed by atoms with Gasteiger partial charge in [0.2, 0.25) is 0 Å². The number of ether oxygens (including phenoxy) is 1. The van der Waals surface area contributed by atoms with E-state index in [1.807, 2.05) is 37.3 Å². The minimum atomic E-state index is -0.903. The summed E-state index contributed by atoms with van der Waals surface area (Å²) in [5.74, 6) is 0.455. The first kappa shape index (κ1) is 19.9. The average molecular weight is 396 g/mol. The molecule has 3 aromatic carbocycles. The Morgan fingerprint density at radius 3 is 2.46 bits per heavy atom. The second-order valence-electron chi connectivity index (χ2n) is 6.37. The lowest BCUT2D eigenvalue weighted by atomic mass is 9.99. The van der Waals surface area contributed by atoms with Crippen molar-refractivity contribution in [3.05, 3.63) is 94.5 Å². The fourth-order valence-electron chi connectivity index (χ4n) is 2.81. The van der Waals surface area contributed by atoms with Crippen LogP contribution in [0.25, 0.3) is 0 Å². The third-order valence-corrected chi connectivity index (χ3v) is 4.50. The molecule has 1 atom stereocenters. The number of aliphatic hydroxyl groups excluding tert-OH is 1. The zero-order valence-corrected chi connectivity index (χ0v) is 16.3. The van der Waals surface area contributed by atoms with Gasteiger partial charge in [-0.2, -0.15) is 0 Å². The number of hydrogen-bond acceptors (Lipinski definition) is 3. The molecular weight excluding hydrogens is 374 g/mol. The predicted octanol–water partition coefficient (Wildman–Crippen LogP) is 5.46. The molecule has 0 bridgehead atoms. The number of nitrogens with one attached hydrogen (secondary N) is 1. The van der Waals surface area contributed by atoms with E-state index in [1.54, 1.807) is 42.5 Å². The highest BCUT2D eigenvalue weighted by Crippen LogP contribution is 2.31. The molecule has 5 heteroatoms. The van der Waals surface area contributed by atoms with Gasteiger partial charge in [-0.05, 0) is 54.4 Å². The minimum absolute atomic E-state index is 0.272. The third-order valence-electron chi connectivity index (χ3n) is 4.26. The maximum absolute atomic E-state index is 12.7. The molecule has 2 N–H and O–H groups in total. The van der Waals surface area contributed by atoms with Gasteiger partial charge >= 0.3 is 0 Å². The molecule has 0 spiro atoms. The standard InChI is InChI=1S/C23H22ClNO3/c1-2-14-28-19-11-8-17(9-12-19)23(27)25-21-13-10-18(24)15-20(21)22(26)16-6-4-3-5-7-16/h3-13,15,22,26H,2,14H2,1H3,(H,25,27)/t22-/m1/s1. The smallest absolute Gasteiger partial charge is 0.255 e. The van der Waals surface area contributed by atoms with Crippen molar-refractivity contribution in [2.75, 3.05) is 11.9 Å². The molecule has 0 saturated heterocycles. The molecule has 0 aliphatic heterocycles. The molecule has 0 heterocycles. The van der Waals surface area contributed by atoms with Crippen LogP contribution in [0.15, 0.2) is 72.8 Å². The largest absolute Gasteiger partial charge is 0.494 e. The molecule has 0 saturated carbocycles. The molecule has 4 nitrogen and oxygen atoms in total. The van der Waals surface area contributed by atoms with Gasteiger partial charge < -0.3 is 15.2 Å². The summed E-state index contributed by atoms with van der Waals surface area (Å²) in [5, 5.41) is 14.1. The number of benzene rings is 3. The summed E-state index contributed by atoms with van der Waals surface area (Å²) in [6.07, 6.45) is 0.0192. The predicted molar refractivity (Wildman–Crippen MR) is 112 cm³/mol. The van der Waals surface area contributed by atoms with Gasteiger partial charge in [-0.15, -0.1) is 0 Å². The molecule has 144 valence electrons. The van der Waals surface area contributed by atoms with E-state index in [1.165, 1.54) is 0 Å². The second-order valence-corrected chi connectivity index (χ2v) is 6.81. The van der Waals surface area contributed by atoms with Crippen molar-refractivity contribution in [3.63, 3.8) is 0 Å². The molecule has 3 aromatic rings. The Morgan fingerprint density at radius 1 is 1.07 bits per heavy atom. The maximum atomic E-state index is 12.7. The molecule has 28 heavy (non-hydrogen) atoms. The van der Waals surface area contributed by atoms with Gasteiger partial charge in [-0.25, -0.2) is 0 Å². The number of aliphatic hydroxyl groups is 1. The van der Waals surface area contributed by atoms with E-state index in [-0.39, 0.29) is 5.91 Å². The van der Waals surface area contributed by atoms with Crippen molar-refractivity contribution in [2.45, 2.75) is 19.4 Å². The van der Waals surface area contributed by atoms with Crippen molar-refractivity contribution in [1.29, 1.82) is 0 Å². The Bertz CT molecular complexity index is 926. The first-order chi connectivity index (χ1) is 13.6. The van der Waals surface area contributed by atoms with E-state index in [9.17, 15) is 9.90 Å². The Kier molecular flexibility index (Phi) is 6.69. The van der Waals surface area contributed by atoms with E-state index in [0.717, 1.165) is 17.7 Å². The van der Waals surface area contributed by atoms with Crippen LogP contribution in [0.4, 0.5) is 5.69 Å². The lowest BCUT2D eigenvalue weighted by molar-refractivity contribution is 0.102. The van der Waals surface area contributed by atoms with Crippen molar-refractivity contribution in [1.82, 2.24) is 0 Å². The van der Waals surface area contributed by atoms with Gasteiger partial charge in [0.1, 0.15) is 11.9 Å². The molecule has 1 amide bonds. The van der Waals surface area contributed by atoms with Crippen LogP contribution < -0.4 is 10.1 Å². The van der Waals surface area contributed by atoms with Crippen molar-refractivity contribution < 1.29 is 14.6 Å². The van der Waals surface area contributed by atoms with Crippen molar-refractivity contribution in [3.8, 4) is 5.75 Å². The van der Waals surface area contributed by atoms with Crippen LogP contribution in [-0.4, -0.2) is 17.6 Å². The van der Waals surface area contributed by atoms with E-state index in [4.69, 9.17) is 16.3 Å². The summed E-state index contributed by atoms with van der Waals surface area (Å²) in [7, 11) is 0. The molecule has 0 aliphatic carbocycles. The highest BCUT2D eigenvalue weighted by molar-refractivity contribution is 6.30. The zero-order valence-electron chi connectivity index (χ0n) is 15.6. The van der Waals surface area contributed by atoms with Crippen LogP contribution in [0.3, 0.4) is 0 Å². The van der Waals surface area contributed by atoms with Crippen LogP contribution in [0.1, 0.15) is 40.9 Å². The molecule has 3 rings (SSSR count). The van der Waals surface area contributed by atoms with Gasteiger partial charge in [0, 0.05) is 21.8 Å². The van der Waals surface area contributed by atoms with Gasteiger partial charge in [0.05, 0.1) is 6.61 Å². The molecule has 0 fully saturated rings. The summed E-state index contributed by atoms with van der Waals surface area (Å²) >= 11 is 6.12. The normalized spacial score (nSPS) is 11.7. The van der Waals surface area contributed by atoms with Crippen LogP contribution in [0.2, 0.25) is 5.02 Å². The van der Waals surface area contributed by atoms with Gasteiger partial charge in [-0.3, -0.25) is 4.79 Å². The van der Waals surface area contributed by atoms with Gasteiger partial charge in [-0.1, -0.05) is 48.9 Å². The summed E-state index contributed by atoms with van der Waals surface area (Å²) in [5.41, 5.74) is 2.27. The molecule has 0 radical (unpaired) electrons. The zero-order chi connectivity index (χ0) is 19.9. The Balaban J connectivity index is 1.81. The monoisotopic (exact) mass is 395 g/mol. The van der Waals surface area contributed by atoms with E-state index in [2.05, 4.69) is 5.32 Å². The quantitative estimate of drug-likeness (QED) is 0.558. The first-order valence-electron chi connectivity index (χ1n) is 9.15. The third kappa shape index (κ3) is 4.91. The molecule has 0 unspecified atom stereocenters. The van der Waals surface area contributed by atoms with Gasteiger partial charge in [0.15, 0.2) is 0 Å². The van der Waals surface area contributed by atoms with Crippen LogP contribution in [0, 0.1) is 0 Å². The summed E-state index contributed by atoms with van der Waals surface area (Å²) in [6, 6.07) is 21.2. The lowest BCUT2D eigenvalue weighted by Crippen LogP contribution is -2.14. The summed E-state index contributed by atoms with van der Waals surface area (Å²) < 4.78 is 5.54. The number of carbonyl (C=O) groups excluding carboxylic acids is 1. The summed E-state index contributed by atoms with van der Waals surface area (Å²) in [4.78, 5) is 12.7. The number of anilines is 1. The maximum Gasteiger partial charge on any atom is 0.255 e. The lowest BCUT2D eigenvalue weighted by Gasteiger charge is -2.17. The first-order valence-corrected chi connectivity index (χ1v) is 9.53. The van der Waals surface area contributed by atoms with Gasteiger partial charge in [0.25, 0.3) is 5.91 Å². The highest BCUT2D eigenvalue weighted by atomic mass is 35.5. The minimum Gasteiger partial charge on any atom is -0.494 e. The highest BCUT2D eigenvalue weighted by Gasteiger charge is 2.17. The second kappa shape index (κ2) is 9.40. The van der Waals surface area contributed by atoms with E-state index < -0.39 is 6.10 Å². The van der Waals surface area contributed by atoms with Crippen molar-refractivity contribution >= 4 is 23.2 Å². The number of hydrogen-bond donors (Lipinski definition) is 2. The molecule has 0 aliphatic rings. The number of rotatable bonds is 7. The Morgan fingerprint density at radius 2 is 1.79 bits per heavy atom.